The normalized spacial score (nSPS) is 20.4. The van der Waals surface area contributed by atoms with Gasteiger partial charge in [-0.15, -0.1) is 0 Å². The van der Waals surface area contributed by atoms with Gasteiger partial charge in [-0.1, -0.05) is 15.9 Å². The molecular weight excluding hydrogens is 285 g/mol. The molecule has 1 atom stereocenters. The van der Waals surface area contributed by atoms with E-state index >= 15 is 0 Å². The minimum absolute atomic E-state index is 0.00255. The van der Waals surface area contributed by atoms with Gasteiger partial charge in [0.25, 0.3) is 5.91 Å². The van der Waals surface area contributed by atoms with E-state index in [-0.39, 0.29) is 11.7 Å². The molecule has 4 heteroatoms. The van der Waals surface area contributed by atoms with Crippen molar-refractivity contribution in [2.45, 2.75) is 24.6 Å². The van der Waals surface area contributed by atoms with E-state index in [0.717, 1.165) is 25.9 Å². The molecule has 1 saturated heterocycles. The molecule has 0 bridgehead atoms. The Bertz CT molecular complexity index is 435. The van der Waals surface area contributed by atoms with Crippen LogP contribution in [0.25, 0.3) is 0 Å². The number of halogens is 2. The highest BCUT2D eigenvalue weighted by Gasteiger charge is 2.23. The van der Waals surface area contributed by atoms with Crippen LogP contribution < -0.4 is 0 Å². The Kier molecular flexibility index (Phi) is 3.82. The lowest BCUT2D eigenvalue weighted by Gasteiger charge is -2.30. The van der Waals surface area contributed by atoms with Crippen molar-refractivity contribution in [3.05, 3.63) is 35.1 Å². The molecule has 0 radical (unpaired) electrons. The molecule has 92 valence electrons. The highest BCUT2D eigenvalue weighted by atomic mass is 79.9. The third-order valence-electron chi connectivity index (χ3n) is 3.06. The second-order valence-corrected chi connectivity index (χ2v) is 5.75. The lowest BCUT2D eigenvalue weighted by molar-refractivity contribution is 0.0730. The lowest BCUT2D eigenvalue weighted by atomic mass is 10.1. The summed E-state index contributed by atoms with van der Waals surface area (Å²) in [6, 6.07) is 4.54. The van der Waals surface area contributed by atoms with E-state index in [1.54, 1.807) is 19.1 Å². The van der Waals surface area contributed by atoms with Crippen molar-refractivity contribution >= 4 is 21.8 Å². The molecule has 0 aliphatic carbocycles. The van der Waals surface area contributed by atoms with Crippen LogP contribution >= 0.6 is 15.9 Å². The monoisotopic (exact) mass is 299 g/mol. The molecule has 1 aromatic rings. The third kappa shape index (κ3) is 2.86. The molecular formula is C13H15BrFNO. The van der Waals surface area contributed by atoms with Gasteiger partial charge < -0.3 is 4.90 Å². The predicted molar refractivity (Wildman–Crippen MR) is 69.0 cm³/mol. The van der Waals surface area contributed by atoms with Gasteiger partial charge in [0.15, 0.2) is 0 Å². The molecule has 2 rings (SSSR count). The second-order valence-electron chi connectivity index (χ2n) is 4.45. The summed E-state index contributed by atoms with van der Waals surface area (Å²) in [6.07, 6.45) is 2.12. The average Bonchev–Trinajstić information content (AvgIpc) is 2.32. The lowest BCUT2D eigenvalue weighted by Crippen LogP contribution is -2.40. The first-order valence-corrected chi connectivity index (χ1v) is 6.69. The van der Waals surface area contributed by atoms with Crippen molar-refractivity contribution in [1.82, 2.24) is 4.90 Å². The Hall–Kier alpha value is -0.900. The first kappa shape index (κ1) is 12.6. The maximum Gasteiger partial charge on any atom is 0.253 e. The van der Waals surface area contributed by atoms with Gasteiger partial charge in [-0.05, 0) is 43.5 Å². The SMILES string of the molecule is Cc1cc(C(=O)N2CCCC(Br)C2)ccc1F. The van der Waals surface area contributed by atoms with Crippen LogP contribution in [0.4, 0.5) is 4.39 Å². The molecule has 0 spiro atoms. The van der Waals surface area contributed by atoms with Gasteiger partial charge in [-0.25, -0.2) is 4.39 Å². The van der Waals surface area contributed by atoms with Crippen LogP contribution in [-0.2, 0) is 0 Å². The van der Waals surface area contributed by atoms with Crippen LogP contribution in [0.1, 0.15) is 28.8 Å². The molecule has 0 N–H and O–H groups in total. The van der Waals surface area contributed by atoms with Crippen LogP contribution in [0.5, 0.6) is 0 Å². The first-order chi connectivity index (χ1) is 8.08. The fraction of sp³-hybridized carbons (Fsp3) is 0.462. The number of rotatable bonds is 1. The third-order valence-corrected chi connectivity index (χ3v) is 3.80. The van der Waals surface area contributed by atoms with Crippen LogP contribution in [0, 0.1) is 12.7 Å². The van der Waals surface area contributed by atoms with E-state index in [1.165, 1.54) is 6.07 Å². The summed E-state index contributed by atoms with van der Waals surface area (Å²) in [5.74, 6) is -0.268. The van der Waals surface area contributed by atoms with E-state index in [1.807, 2.05) is 4.90 Å². The highest BCUT2D eigenvalue weighted by Crippen LogP contribution is 2.19. The van der Waals surface area contributed by atoms with Crippen LogP contribution in [0.15, 0.2) is 18.2 Å². The molecule has 0 aromatic heterocycles. The van der Waals surface area contributed by atoms with Crippen molar-refractivity contribution in [2.75, 3.05) is 13.1 Å². The minimum Gasteiger partial charge on any atom is -0.338 e. The number of alkyl halides is 1. The Morgan fingerprint density at radius 3 is 2.94 bits per heavy atom. The summed E-state index contributed by atoms with van der Waals surface area (Å²) >= 11 is 3.54. The zero-order valence-corrected chi connectivity index (χ0v) is 11.3. The number of benzene rings is 1. The largest absolute Gasteiger partial charge is 0.338 e. The van der Waals surface area contributed by atoms with Crippen molar-refractivity contribution in [3.8, 4) is 0 Å². The molecule has 1 aliphatic rings. The number of carbonyl (C=O) groups excluding carboxylic acids is 1. The molecule has 1 aromatic carbocycles. The zero-order valence-electron chi connectivity index (χ0n) is 9.75. The van der Waals surface area contributed by atoms with E-state index < -0.39 is 0 Å². The van der Waals surface area contributed by atoms with Crippen molar-refractivity contribution < 1.29 is 9.18 Å². The summed E-state index contributed by atoms with van der Waals surface area (Å²) in [4.78, 5) is 14.4. The summed E-state index contributed by atoms with van der Waals surface area (Å²) in [7, 11) is 0. The Morgan fingerprint density at radius 2 is 2.29 bits per heavy atom. The number of hydrogen-bond donors (Lipinski definition) is 0. The van der Waals surface area contributed by atoms with Gasteiger partial charge >= 0.3 is 0 Å². The van der Waals surface area contributed by atoms with E-state index in [9.17, 15) is 9.18 Å². The predicted octanol–water partition coefficient (Wildman–Crippen LogP) is 3.13. The average molecular weight is 300 g/mol. The molecule has 1 fully saturated rings. The Balaban J connectivity index is 2.15. The minimum atomic E-state index is -0.265. The van der Waals surface area contributed by atoms with Gasteiger partial charge in [0.2, 0.25) is 0 Å². The van der Waals surface area contributed by atoms with Gasteiger partial charge in [-0.2, -0.15) is 0 Å². The number of carbonyl (C=O) groups is 1. The topological polar surface area (TPSA) is 20.3 Å². The molecule has 0 saturated carbocycles. The molecule has 2 nitrogen and oxygen atoms in total. The van der Waals surface area contributed by atoms with Crippen molar-refractivity contribution in [1.29, 1.82) is 0 Å². The van der Waals surface area contributed by atoms with E-state index in [0.29, 0.717) is 16.0 Å². The number of nitrogens with zero attached hydrogens (tertiary/aromatic N) is 1. The smallest absolute Gasteiger partial charge is 0.253 e. The first-order valence-electron chi connectivity index (χ1n) is 5.77. The van der Waals surface area contributed by atoms with Crippen molar-refractivity contribution in [3.63, 3.8) is 0 Å². The fourth-order valence-corrected chi connectivity index (χ4v) is 2.74. The summed E-state index contributed by atoms with van der Waals surface area (Å²) in [6.45, 7) is 3.20. The molecule has 1 amide bonds. The Morgan fingerprint density at radius 1 is 1.53 bits per heavy atom. The molecule has 1 heterocycles. The second kappa shape index (κ2) is 5.17. The van der Waals surface area contributed by atoms with Gasteiger partial charge in [0.05, 0.1) is 0 Å². The quantitative estimate of drug-likeness (QED) is 0.730. The zero-order chi connectivity index (χ0) is 12.4. The van der Waals surface area contributed by atoms with Crippen LogP contribution in [0.2, 0.25) is 0 Å². The van der Waals surface area contributed by atoms with Crippen LogP contribution in [-0.4, -0.2) is 28.7 Å². The number of hydrogen-bond acceptors (Lipinski definition) is 1. The number of aryl methyl sites for hydroxylation is 1. The van der Waals surface area contributed by atoms with Crippen LogP contribution in [0.3, 0.4) is 0 Å². The van der Waals surface area contributed by atoms with Gasteiger partial charge in [0.1, 0.15) is 5.82 Å². The highest BCUT2D eigenvalue weighted by molar-refractivity contribution is 9.09. The number of likely N-dealkylation sites (tertiary alicyclic amines) is 1. The summed E-state index contributed by atoms with van der Waals surface area (Å²) < 4.78 is 13.1. The van der Waals surface area contributed by atoms with E-state index in [4.69, 9.17) is 0 Å². The number of piperidine rings is 1. The maximum absolute atomic E-state index is 13.1. The standard InChI is InChI=1S/C13H15BrFNO/c1-9-7-10(4-5-12(9)15)13(17)16-6-2-3-11(14)8-16/h4-5,7,11H,2-3,6,8H2,1H3. The molecule has 1 aliphatic heterocycles. The number of amides is 1. The molecule has 1 unspecified atom stereocenters. The summed E-state index contributed by atoms with van der Waals surface area (Å²) in [5, 5.41) is 0. The molecule has 17 heavy (non-hydrogen) atoms. The maximum atomic E-state index is 13.1. The Labute approximate surface area is 109 Å². The van der Waals surface area contributed by atoms with Gasteiger partial charge in [-0.3, -0.25) is 4.79 Å². The van der Waals surface area contributed by atoms with Crippen molar-refractivity contribution in [2.24, 2.45) is 0 Å². The van der Waals surface area contributed by atoms with E-state index in [2.05, 4.69) is 15.9 Å². The summed E-state index contributed by atoms with van der Waals surface area (Å²) in [5.41, 5.74) is 1.09. The fourth-order valence-electron chi connectivity index (χ4n) is 2.07. The van der Waals surface area contributed by atoms with Gasteiger partial charge in [0, 0.05) is 23.5 Å².